The van der Waals surface area contributed by atoms with Crippen LogP contribution in [0.1, 0.15) is 37.8 Å². The molecule has 142 valence electrons. The van der Waals surface area contributed by atoms with E-state index in [4.69, 9.17) is 9.94 Å². The number of hydrogen-bond donors (Lipinski definition) is 2. The Morgan fingerprint density at radius 2 is 1.69 bits per heavy atom. The zero-order chi connectivity index (χ0) is 19.2. The number of nitrogens with one attached hydrogen (secondary N) is 1. The molecule has 0 aliphatic rings. The summed E-state index contributed by atoms with van der Waals surface area (Å²) in [6, 6.07) is 16.4. The lowest BCUT2D eigenvalue weighted by atomic mass is 10.0. The first-order valence-corrected chi connectivity index (χ1v) is 8.91. The molecule has 0 heterocycles. The van der Waals surface area contributed by atoms with Crippen molar-refractivity contribution in [2.24, 2.45) is 0 Å². The maximum Gasteiger partial charge on any atom is 0.245 e. The molecule has 0 bridgehead atoms. The Bertz CT molecular complexity index is 617. The van der Waals surface area contributed by atoms with E-state index >= 15 is 0 Å². The summed E-state index contributed by atoms with van der Waals surface area (Å²) in [5.74, 6) is -0.581. The fourth-order valence-corrected chi connectivity index (χ4v) is 2.42. The van der Waals surface area contributed by atoms with Crippen LogP contribution in [0.15, 0.2) is 54.6 Å². The monoisotopic (exact) mass is 361 g/mol. The van der Waals surface area contributed by atoms with Crippen LogP contribution in [0, 0.1) is 5.82 Å². The second-order valence-electron chi connectivity index (χ2n) is 5.82. The fourth-order valence-electron chi connectivity index (χ4n) is 2.42. The molecule has 2 N–H and O–H groups in total. The number of aryl methyl sites for hydroxylation is 2. The first-order valence-electron chi connectivity index (χ1n) is 8.91. The second-order valence-corrected chi connectivity index (χ2v) is 5.82. The molecule has 5 heteroatoms. The van der Waals surface area contributed by atoms with Gasteiger partial charge in [-0.05, 0) is 49.4 Å². The van der Waals surface area contributed by atoms with E-state index in [9.17, 15) is 9.18 Å². The molecule has 2 aromatic rings. The van der Waals surface area contributed by atoms with Crippen molar-refractivity contribution in [1.29, 1.82) is 0 Å². The summed E-state index contributed by atoms with van der Waals surface area (Å²) in [4.78, 5) is 11.2. The van der Waals surface area contributed by atoms with Crippen LogP contribution in [-0.2, 0) is 22.4 Å². The number of carbonyl (C=O) groups excluding carboxylic acids is 1. The van der Waals surface area contributed by atoms with Gasteiger partial charge in [0.1, 0.15) is 5.82 Å². The van der Waals surface area contributed by atoms with Crippen molar-refractivity contribution in [1.82, 2.24) is 5.48 Å². The number of ether oxygens (including phenoxy) is 1. The average molecular weight is 361 g/mol. The minimum atomic E-state index is -0.403. The summed E-state index contributed by atoms with van der Waals surface area (Å²) >= 11 is 0. The molecule has 0 aliphatic heterocycles. The number of benzene rings is 2. The van der Waals surface area contributed by atoms with Crippen molar-refractivity contribution in [2.45, 2.75) is 45.6 Å². The molecular formula is C21H28FNO3. The van der Waals surface area contributed by atoms with Crippen LogP contribution in [0.25, 0.3) is 0 Å². The Hall–Kier alpha value is -2.24. The molecule has 4 nitrogen and oxygen atoms in total. The van der Waals surface area contributed by atoms with Gasteiger partial charge in [0, 0.05) is 6.61 Å². The lowest BCUT2D eigenvalue weighted by molar-refractivity contribution is -0.132. The largest absolute Gasteiger partial charge is 0.378 e. The Morgan fingerprint density at radius 3 is 2.15 bits per heavy atom. The number of hydroxylamine groups is 1. The van der Waals surface area contributed by atoms with E-state index in [2.05, 4.69) is 31.2 Å². The van der Waals surface area contributed by atoms with Crippen LogP contribution in [0.2, 0.25) is 0 Å². The van der Waals surface area contributed by atoms with Crippen molar-refractivity contribution in [3.05, 3.63) is 71.5 Å². The summed E-state index contributed by atoms with van der Waals surface area (Å²) in [7, 11) is 0. The molecule has 0 spiro atoms. The molecule has 0 aliphatic carbocycles. The molecule has 0 fully saturated rings. The highest BCUT2D eigenvalue weighted by Gasteiger charge is 2.13. The van der Waals surface area contributed by atoms with E-state index in [1.807, 2.05) is 6.92 Å². The minimum absolute atomic E-state index is 0.150. The topological polar surface area (TPSA) is 58.6 Å². The van der Waals surface area contributed by atoms with Gasteiger partial charge in [-0.2, -0.15) is 0 Å². The van der Waals surface area contributed by atoms with Crippen LogP contribution in [-0.4, -0.2) is 23.8 Å². The summed E-state index contributed by atoms with van der Waals surface area (Å²) in [5, 5.41) is 8.54. The summed E-state index contributed by atoms with van der Waals surface area (Å²) in [6.07, 6.45) is 2.72. The van der Waals surface area contributed by atoms with Crippen LogP contribution >= 0.6 is 0 Å². The standard InChI is InChI=1S/C15H23NO3.C6H5F/c1-3-12-5-7-13(8-6-12)9-10-14(19-4-2)11-15(17)16-18;7-6-4-2-1-3-5-6/h5-8,14,18H,3-4,9-11H2,1-2H3,(H,16,17);1-5H. The van der Waals surface area contributed by atoms with Gasteiger partial charge in [-0.15, -0.1) is 0 Å². The van der Waals surface area contributed by atoms with Gasteiger partial charge in [-0.1, -0.05) is 49.4 Å². The zero-order valence-corrected chi connectivity index (χ0v) is 15.5. The maximum absolute atomic E-state index is 11.9. The third-order valence-electron chi connectivity index (χ3n) is 3.86. The molecule has 0 aromatic heterocycles. The van der Waals surface area contributed by atoms with Gasteiger partial charge in [0.15, 0.2) is 0 Å². The van der Waals surface area contributed by atoms with Crippen LogP contribution in [0.3, 0.4) is 0 Å². The van der Waals surface area contributed by atoms with Crippen molar-refractivity contribution in [3.8, 4) is 0 Å². The van der Waals surface area contributed by atoms with Gasteiger partial charge in [0.2, 0.25) is 5.91 Å². The zero-order valence-electron chi connectivity index (χ0n) is 15.5. The smallest absolute Gasteiger partial charge is 0.245 e. The first-order chi connectivity index (χ1) is 12.6. The highest BCUT2D eigenvalue weighted by atomic mass is 19.1. The van der Waals surface area contributed by atoms with Crippen molar-refractivity contribution in [3.63, 3.8) is 0 Å². The Balaban J connectivity index is 0.000000401. The number of amides is 1. The van der Waals surface area contributed by atoms with Gasteiger partial charge < -0.3 is 4.74 Å². The molecule has 1 amide bonds. The summed E-state index contributed by atoms with van der Waals surface area (Å²) < 4.78 is 17.4. The molecule has 2 rings (SSSR count). The summed E-state index contributed by atoms with van der Waals surface area (Å²) in [6.45, 7) is 4.60. The first kappa shape index (κ1) is 21.8. The van der Waals surface area contributed by atoms with Gasteiger partial charge in [0.25, 0.3) is 0 Å². The number of halogens is 1. The predicted octanol–water partition coefficient (Wildman–Crippen LogP) is 4.31. The molecular weight excluding hydrogens is 333 g/mol. The van der Waals surface area contributed by atoms with Crippen LogP contribution in [0.5, 0.6) is 0 Å². The van der Waals surface area contributed by atoms with Crippen LogP contribution in [0.4, 0.5) is 4.39 Å². The molecule has 0 radical (unpaired) electrons. The van der Waals surface area contributed by atoms with Crippen LogP contribution < -0.4 is 5.48 Å². The van der Waals surface area contributed by atoms with Gasteiger partial charge in [-0.3, -0.25) is 10.0 Å². The molecule has 0 saturated heterocycles. The van der Waals surface area contributed by atoms with Gasteiger partial charge in [0.05, 0.1) is 12.5 Å². The van der Waals surface area contributed by atoms with Gasteiger partial charge >= 0.3 is 0 Å². The third kappa shape index (κ3) is 9.30. The number of carbonyl (C=O) groups is 1. The predicted molar refractivity (Wildman–Crippen MR) is 101 cm³/mol. The van der Waals surface area contributed by atoms with E-state index < -0.39 is 5.91 Å². The molecule has 1 unspecified atom stereocenters. The van der Waals surface area contributed by atoms with E-state index in [0.717, 1.165) is 19.3 Å². The van der Waals surface area contributed by atoms with E-state index in [0.29, 0.717) is 6.61 Å². The maximum atomic E-state index is 11.9. The number of rotatable bonds is 8. The van der Waals surface area contributed by atoms with E-state index in [1.165, 1.54) is 23.3 Å². The lowest BCUT2D eigenvalue weighted by Crippen LogP contribution is -2.26. The third-order valence-corrected chi connectivity index (χ3v) is 3.86. The lowest BCUT2D eigenvalue weighted by Gasteiger charge is -2.16. The molecule has 2 aromatic carbocycles. The molecule has 26 heavy (non-hydrogen) atoms. The normalized spacial score (nSPS) is 11.2. The van der Waals surface area contributed by atoms with Crippen molar-refractivity contribution < 1.29 is 19.1 Å². The molecule has 0 saturated carbocycles. The Morgan fingerprint density at radius 1 is 1.08 bits per heavy atom. The summed E-state index contributed by atoms with van der Waals surface area (Å²) in [5.41, 5.74) is 4.21. The highest BCUT2D eigenvalue weighted by molar-refractivity contribution is 5.75. The van der Waals surface area contributed by atoms with Crippen molar-refractivity contribution in [2.75, 3.05) is 6.61 Å². The van der Waals surface area contributed by atoms with Gasteiger partial charge in [-0.25, -0.2) is 9.87 Å². The second kappa shape index (κ2) is 13.0. The van der Waals surface area contributed by atoms with Crippen molar-refractivity contribution >= 4 is 5.91 Å². The Labute approximate surface area is 155 Å². The highest BCUT2D eigenvalue weighted by Crippen LogP contribution is 2.12. The minimum Gasteiger partial charge on any atom is -0.378 e. The number of hydrogen-bond acceptors (Lipinski definition) is 3. The Kier molecular flexibility index (Phi) is 10.9. The molecule has 1 atom stereocenters. The fraction of sp³-hybridized carbons (Fsp3) is 0.381. The SMILES string of the molecule is CCOC(CCc1ccc(CC)cc1)CC(=O)NO.Fc1ccccc1. The van der Waals surface area contributed by atoms with E-state index in [-0.39, 0.29) is 18.3 Å². The van der Waals surface area contributed by atoms with E-state index in [1.54, 1.807) is 23.7 Å². The quantitative estimate of drug-likeness (QED) is 0.544. The average Bonchev–Trinajstić information content (AvgIpc) is 2.67.